The topological polar surface area (TPSA) is 79.3 Å². The summed E-state index contributed by atoms with van der Waals surface area (Å²) >= 11 is 0. The molecular weight excluding hydrogens is 288 g/mol. The summed E-state index contributed by atoms with van der Waals surface area (Å²) in [5, 5.41) is 10.6. The van der Waals surface area contributed by atoms with Crippen molar-refractivity contribution >= 4 is 20.8 Å². The lowest BCUT2D eigenvalue weighted by Gasteiger charge is -2.18. The molecule has 0 bridgehead atoms. The molecule has 1 aromatic heterocycles. The summed E-state index contributed by atoms with van der Waals surface area (Å²) in [5.41, 5.74) is 0. The maximum Gasteiger partial charge on any atom is 0.241 e. The van der Waals surface area contributed by atoms with Gasteiger partial charge >= 0.3 is 0 Å². The van der Waals surface area contributed by atoms with E-state index < -0.39 is 10.0 Å². The van der Waals surface area contributed by atoms with Gasteiger partial charge in [-0.15, -0.1) is 0 Å². The number of hydrogen-bond donors (Lipinski definition) is 2. The molecule has 0 spiro atoms. The predicted octanol–water partition coefficient (Wildman–Crippen LogP) is 1.67. The second-order valence-corrected chi connectivity index (χ2v) is 7.11. The quantitative estimate of drug-likeness (QED) is 0.851. The van der Waals surface area contributed by atoms with Crippen LogP contribution < -0.4 is 4.72 Å². The van der Waals surface area contributed by atoms with E-state index in [9.17, 15) is 8.42 Å². The fourth-order valence-electron chi connectivity index (χ4n) is 2.62. The predicted molar refractivity (Wildman–Crippen MR) is 80.3 cm³/mol. The number of rotatable bonds is 6. The van der Waals surface area contributed by atoms with E-state index >= 15 is 0 Å². The van der Waals surface area contributed by atoms with Crippen molar-refractivity contribution in [1.29, 1.82) is 0 Å². The molecule has 0 aliphatic heterocycles. The highest BCUT2D eigenvalue weighted by Crippen LogP contribution is 2.35. The number of hydrogen-bond acceptors (Lipinski definition) is 4. The van der Waals surface area contributed by atoms with Crippen LogP contribution in [-0.2, 0) is 10.0 Å². The molecule has 2 aromatic rings. The van der Waals surface area contributed by atoms with Crippen molar-refractivity contribution in [2.75, 3.05) is 6.61 Å². The summed E-state index contributed by atoms with van der Waals surface area (Å²) in [4.78, 5) is 4.29. The van der Waals surface area contributed by atoms with Gasteiger partial charge in [-0.1, -0.05) is 12.1 Å². The van der Waals surface area contributed by atoms with Gasteiger partial charge in [-0.25, -0.2) is 13.1 Å². The smallest absolute Gasteiger partial charge is 0.241 e. The Hall–Kier alpha value is -1.50. The largest absolute Gasteiger partial charge is 0.396 e. The Balaban J connectivity index is 1.96. The molecule has 3 rings (SSSR count). The normalized spacial score (nSPS) is 17.0. The van der Waals surface area contributed by atoms with E-state index in [1.54, 1.807) is 30.6 Å². The van der Waals surface area contributed by atoms with Crippen molar-refractivity contribution in [3.05, 3.63) is 36.7 Å². The molecule has 1 heterocycles. The number of nitrogens with zero attached hydrogens (tertiary/aromatic N) is 1. The molecule has 6 heteroatoms. The van der Waals surface area contributed by atoms with Gasteiger partial charge in [0.1, 0.15) is 0 Å². The van der Waals surface area contributed by atoms with Crippen LogP contribution in [0.3, 0.4) is 0 Å². The lowest BCUT2D eigenvalue weighted by atomic mass is 10.1. The number of nitrogens with one attached hydrogen (secondary N) is 1. The van der Waals surface area contributed by atoms with Crippen LogP contribution in [0.2, 0.25) is 0 Å². The van der Waals surface area contributed by atoms with Gasteiger partial charge in [0.25, 0.3) is 0 Å². The van der Waals surface area contributed by atoms with Crippen LogP contribution >= 0.6 is 0 Å². The van der Waals surface area contributed by atoms with E-state index in [0.717, 1.165) is 18.2 Å². The molecule has 1 unspecified atom stereocenters. The van der Waals surface area contributed by atoms with Crippen molar-refractivity contribution in [3.8, 4) is 0 Å². The van der Waals surface area contributed by atoms with Crippen LogP contribution in [0.5, 0.6) is 0 Å². The number of sulfonamides is 1. The summed E-state index contributed by atoms with van der Waals surface area (Å²) in [7, 11) is -3.60. The molecule has 5 nitrogen and oxygen atoms in total. The van der Waals surface area contributed by atoms with Crippen molar-refractivity contribution in [2.24, 2.45) is 5.92 Å². The van der Waals surface area contributed by atoms with Gasteiger partial charge in [0.2, 0.25) is 10.0 Å². The van der Waals surface area contributed by atoms with Crippen molar-refractivity contribution in [3.63, 3.8) is 0 Å². The SMILES string of the molecule is O=S(=O)(NC(CCO)C1CC1)c1cccc2cnccc12. The Labute approximate surface area is 124 Å². The van der Waals surface area contributed by atoms with Crippen LogP contribution in [0.25, 0.3) is 10.8 Å². The Bertz CT molecular complexity index is 736. The third-order valence-electron chi connectivity index (χ3n) is 3.87. The van der Waals surface area contributed by atoms with Crippen LogP contribution in [0.1, 0.15) is 19.3 Å². The molecule has 2 N–H and O–H groups in total. The first-order valence-electron chi connectivity index (χ1n) is 7.08. The Morgan fingerprint density at radius 2 is 2.14 bits per heavy atom. The summed E-state index contributed by atoms with van der Waals surface area (Å²) in [5.74, 6) is 0.351. The third-order valence-corrected chi connectivity index (χ3v) is 5.42. The summed E-state index contributed by atoms with van der Waals surface area (Å²) in [6, 6.07) is 6.69. The molecule has 0 radical (unpaired) electrons. The number of aliphatic hydroxyl groups is 1. The maximum atomic E-state index is 12.7. The molecule has 21 heavy (non-hydrogen) atoms. The number of aliphatic hydroxyl groups excluding tert-OH is 1. The molecule has 1 aliphatic carbocycles. The average Bonchev–Trinajstić information content (AvgIpc) is 3.30. The minimum atomic E-state index is -3.60. The summed E-state index contributed by atoms with van der Waals surface area (Å²) < 4.78 is 28.1. The van der Waals surface area contributed by atoms with Gasteiger partial charge in [0, 0.05) is 35.8 Å². The van der Waals surface area contributed by atoms with Gasteiger partial charge in [-0.05, 0) is 37.3 Å². The van der Waals surface area contributed by atoms with Gasteiger partial charge < -0.3 is 5.11 Å². The van der Waals surface area contributed by atoms with Crippen LogP contribution in [0.15, 0.2) is 41.6 Å². The molecule has 1 atom stereocenters. The molecule has 1 aliphatic rings. The number of pyridine rings is 1. The molecular formula is C15H18N2O3S. The fraction of sp³-hybridized carbons (Fsp3) is 0.400. The maximum absolute atomic E-state index is 12.7. The van der Waals surface area contributed by atoms with E-state index in [0.29, 0.717) is 17.7 Å². The first-order valence-corrected chi connectivity index (χ1v) is 8.56. The second kappa shape index (κ2) is 5.71. The first kappa shape index (κ1) is 14.4. The minimum Gasteiger partial charge on any atom is -0.396 e. The second-order valence-electron chi connectivity index (χ2n) is 5.43. The molecule has 112 valence electrons. The van der Waals surface area contributed by atoms with E-state index in [-0.39, 0.29) is 17.5 Å². The zero-order valence-electron chi connectivity index (χ0n) is 11.6. The zero-order valence-corrected chi connectivity index (χ0v) is 12.4. The Kier molecular flexibility index (Phi) is 3.93. The lowest BCUT2D eigenvalue weighted by molar-refractivity contribution is 0.265. The van der Waals surface area contributed by atoms with Gasteiger partial charge in [-0.3, -0.25) is 4.98 Å². The molecule has 0 saturated heterocycles. The molecule has 1 fully saturated rings. The highest BCUT2D eigenvalue weighted by atomic mass is 32.2. The van der Waals surface area contributed by atoms with Crippen molar-refractivity contribution in [2.45, 2.75) is 30.2 Å². The fourth-order valence-corrected chi connectivity index (χ4v) is 4.19. The first-order chi connectivity index (χ1) is 10.1. The standard InChI is InChI=1S/C15H18N2O3S/c18-9-7-14(11-4-5-11)17-21(19,20)15-3-1-2-12-10-16-8-6-13(12)15/h1-3,6,8,10-11,14,17-18H,4-5,7,9H2. The van der Waals surface area contributed by atoms with Gasteiger partial charge in [0.15, 0.2) is 0 Å². The number of fused-ring (bicyclic) bond motifs is 1. The van der Waals surface area contributed by atoms with Crippen molar-refractivity contribution < 1.29 is 13.5 Å². The van der Waals surface area contributed by atoms with Crippen LogP contribution in [0.4, 0.5) is 0 Å². The molecule has 1 saturated carbocycles. The third kappa shape index (κ3) is 3.07. The highest BCUT2D eigenvalue weighted by molar-refractivity contribution is 7.89. The van der Waals surface area contributed by atoms with E-state index in [1.807, 2.05) is 6.07 Å². The van der Waals surface area contributed by atoms with E-state index in [1.165, 1.54) is 0 Å². The van der Waals surface area contributed by atoms with Crippen LogP contribution in [0, 0.1) is 5.92 Å². The monoisotopic (exact) mass is 306 g/mol. The Morgan fingerprint density at radius 1 is 1.33 bits per heavy atom. The average molecular weight is 306 g/mol. The summed E-state index contributed by atoms with van der Waals surface area (Å²) in [6.07, 6.45) is 5.74. The molecule has 0 amide bonds. The highest BCUT2D eigenvalue weighted by Gasteiger charge is 2.34. The van der Waals surface area contributed by atoms with E-state index in [2.05, 4.69) is 9.71 Å². The van der Waals surface area contributed by atoms with Gasteiger partial charge in [-0.2, -0.15) is 0 Å². The minimum absolute atomic E-state index is 0.0108. The van der Waals surface area contributed by atoms with Crippen molar-refractivity contribution in [1.82, 2.24) is 9.71 Å². The summed E-state index contributed by atoms with van der Waals surface area (Å²) in [6.45, 7) is -0.0108. The van der Waals surface area contributed by atoms with E-state index in [4.69, 9.17) is 5.11 Å². The Morgan fingerprint density at radius 3 is 2.86 bits per heavy atom. The zero-order chi connectivity index (χ0) is 14.9. The number of aromatic nitrogens is 1. The molecule has 1 aromatic carbocycles. The van der Waals surface area contributed by atoms with Gasteiger partial charge in [0.05, 0.1) is 4.90 Å². The number of benzene rings is 1. The van der Waals surface area contributed by atoms with Crippen LogP contribution in [-0.4, -0.2) is 31.2 Å². The lowest BCUT2D eigenvalue weighted by Crippen LogP contribution is -2.37.